The third-order valence-corrected chi connectivity index (χ3v) is 10.9. The van der Waals surface area contributed by atoms with Crippen LogP contribution in [0.5, 0.6) is 0 Å². The van der Waals surface area contributed by atoms with Gasteiger partial charge in [0.1, 0.15) is 0 Å². The zero-order chi connectivity index (χ0) is 18.8. The van der Waals surface area contributed by atoms with Gasteiger partial charge < -0.3 is 0 Å². The molecule has 0 aliphatic carbocycles. The van der Waals surface area contributed by atoms with Crippen molar-refractivity contribution in [2.24, 2.45) is 0 Å². The van der Waals surface area contributed by atoms with Gasteiger partial charge in [-0.1, -0.05) is 93.6 Å². The summed E-state index contributed by atoms with van der Waals surface area (Å²) >= 11 is 7.06. The second kappa shape index (κ2) is 10.5. The van der Waals surface area contributed by atoms with E-state index in [4.69, 9.17) is 11.1 Å². The number of rotatable bonds is 11. The van der Waals surface area contributed by atoms with E-state index < -0.39 is 7.38 Å². The third kappa shape index (κ3) is 6.62. The second-order valence-electron chi connectivity index (χ2n) is 7.10. The highest BCUT2D eigenvalue weighted by molar-refractivity contribution is 7.20. The highest BCUT2D eigenvalue weighted by Gasteiger charge is 2.27. The molecule has 0 fully saturated rings. The topological polar surface area (TPSA) is 0 Å². The Kier molecular flexibility index (Phi) is 8.41. The minimum atomic E-state index is -1.63. The van der Waals surface area contributed by atoms with Crippen LogP contribution in [0.2, 0.25) is 18.1 Å². The zero-order valence-electron chi connectivity index (χ0n) is 16.0. The van der Waals surface area contributed by atoms with Gasteiger partial charge in [-0.15, -0.1) is 0 Å². The number of aryl methyl sites for hydroxylation is 2. The van der Waals surface area contributed by atoms with Gasteiger partial charge in [0.25, 0.3) is 0 Å². The van der Waals surface area contributed by atoms with Gasteiger partial charge in [-0.2, -0.15) is 11.1 Å². The van der Waals surface area contributed by atoms with Crippen LogP contribution >= 0.6 is 11.1 Å². The monoisotopic (exact) mass is 382 g/mol. The molecular weight excluding hydrogens is 352 g/mol. The Bertz CT molecular complexity index is 628. The molecular formula is C24H31ClSi. The van der Waals surface area contributed by atoms with Gasteiger partial charge in [0.05, 0.1) is 0 Å². The zero-order valence-corrected chi connectivity index (χ0v) is 17.8. The fourth-order valence-corrected chi connectivity index (χ4v) is 6.72. The number of hydrogen-bond donors (Lipinski definition) is 0. The van der Waals surface area contributed by atoms with Crippen molar-refractivity contribution in [1.82, 2.24) is 0 Å². The first kappa shape index (κ1) is 20.7. The molecule has 2 aromatic carbocycles. The van der Waals surface area contributed by atoms with Gasteiger partial charge in [0.2, 0.25) is 0 Å². The van der Waals surface area contributed by atoms with Gasteiger partial charge in [-0.25, -0.2) is 0 Å². The van der Waals surface area contributed by atoms with Crippen molar-refractivity contribution in [3.8, 4) is 0 Å². The largest absolute Gasteiger partial charge is 0.167 e. The maximum atomic E-state index is 7.06. The molecule has 0 N–H and O–H groups in total. The van der Waals surface area contributed by atoms with Crippen LogP contribution in [0.1, 0.15) is 42.0 Å². The Labute approximate surface area is 165 Å². The van der Waals surface area contributed by atoms with Gasteiger partial charge >= 0.3 is 0 Å². The molecule has 0 saturated heterocycles. The summed E-state index contributed by atoms with van der Waals surface area (Å²) in [6.45, 7) is 9.89. The summed E-state index contributed by atoms with van der Waals surface area (Å²) in [7, 11) is -1.63. The Morgan fingerprint density at radius 2 is 1.15 bits per heavy atom. The molecule has 0 heterocycles. The lowest BCUT2D eigenvalue weighted by Gasteiger charge is -2.23. The summed E-state index contributed by atoms with van der Waals surface area (Å²) in [6.07, 6.45) is 8.44. The average molecular weight is 383 g/mol. The molecule has 0 atom stereocenters. The van der Waals surface area contributed by atoms with E-state index in [9.17, 15) is 0 Å². The number of hydrogen-bond acceptors (Lipinski definition) is 0. The lowest BCUT2D eigenvalue weighted by atomic mass is 10.1. The molecule has 0 aliphatic rings. The van der Waals surface area contributed by atoms with E-state index in [-0.39, 0.29) is 0 Å². The van der Waals surface area contributed by atoms with Gasteiger partial charge in [0.15, 0.2) is 7.38 Å². The van der Waals surface area contributed by atoms with Crippen LogP contribution < -0.4 is 0 Å². The molecule has 26 heavy (non-hydrogen) atoms. The van der Waals surface area contributed by atoms with Crippen molar-refractivity contribution >= 4 is 30.6 Å². The van der Waals surface area contributed by atoms with Crippen LogP contribution in [0.4, 0.5) is 0 Å². The molecule has 0 spiro atoms. The Morgan fingerprint density at radius 1 is 0.769 bits per heavy atom. The lowest BCUT2D eigenvalue weighted by Crippen LogP contribution is -2.25. The molecule has 0 bridgehead atoms. The SMILES string of the molecule is C=Cc1ccc(CCC[Si](Cl)(CC)CCCc2ccc(C=C)cc2)cc1. The minimum absolute atomic E-state index is 1.13. The van der Waals surface area contributed by atoms with Crippen LogP contribution in [0.3, 0.4) is 0 Å². The summed E-state index contributed by atoms with van der Waals surface area (Å²) in [4.78, 5) is 0. The van der Waals surface area contributed by atoms with Gasteiger partial charge in [-0.3, -0.25) is 0 Å². The van der Waals surface area contributed by atoms with E-state index in [2.05, 4.69) is 68.6 Å². The Morgan fingerprint density at radius 3 is 1.46 bits per heavy atom. The van der Waals surface area contributed by atoms with E-state index in [0.29, 0.717) is 0 Å². The van der Waals surface area contributed by atoms with E-state index >= 15 is 0 Å². The fraction of sp³-hybridized carbons (Fsp3) is 0.333. The van der Waals surface area contributed by atoms with Crippen LogP contribution in [0.15, 0.2) is 61.7 Å². The van der Waals surface area contributed by atoms with Crippen LogP contribution in [-0.2, 0) is 12.8 Å². The van der Waals surface area contributed by atoms with E-state index in [1.165, 1.54) is 53.2 Å². The van der Waals surface area contributed by atoms with Crippen molar-refractivity contribution in [2.75, 3.05) is 0 Å². The van der Waals surface area contributed by atoms with E-state index in [1.807, 2.05) is 12.2 Å². The summed E-state index contributed by atoms with van der Waals surface area (Å²) in [5, 5.41) is 0. The number of halogens is 1. The molecule has 0 saturated carbocycles. The predicted octanol–water partition coefficient (Wildman–Crippen LogP) is 7.74. The molecule has 0 amide bonds. The first-order valence-electron chi connectivity index (χ1n) is 9.70. The van der Waals surface area contributed by atoms with E-state index in [1.54, 1.807) is 0 Å². The van der Waals surface area contributed by atoms with Crippen molar-refractivity contribution in [1.29, 1.82) is 0 Å². The quantitative estimate of drug-likeness (QED) is 0.275. The fourth-order valence-electron chi connectivity index (χ4n) is 3.34. The maximum absolute atomic E-state index is 7.06. The average Bonchev–Trinajstić information content (AvgIpc) is 2.69. The molecule has 0 aromatic heterocycles. The summed E-state index contributed by atoms with van der Waals surface area (Å²) in [6, 6.07) is 21.0. The summed E-state index contributed by atoms with van der Waals surface area (Å²) < 4.78 is 0. The van der Waals surface area contributed by atoms with Crippen LogP contribution in [0.25, 0.3) is 12.2 Å². The van der Waals surface area contributed by atoms with Gasteiger partial charge in [0, 0.05) is 0 Å². The molecule has 0 radical (unpaired) electrons. The molecule has 2 rings (SSSR count). The standard InChI is InChI=1S/C24H31ClSi/c1-4-21-11-15-23(16-12-21)9-7-19-26(25,6-3)20-8-10-24-17-13-22(5-2)14-18-24/h4-5,11-18H,1-2,6-10,19-20H2,3H3. The molecule has 138 valence electrons. The molecule has 0 unspecified atom stereocenters. The van der Waals surface area contributed by atoms with Crippen LogP contribution in [0, 0.1) is 0 Å². The smallest absolute Gasteiger partial charge is 0.156 e. The van der Waals surface area contributed by atoms with Crippen molar-refractivity contribution in [2.45, 2.75) is 50.7 Å². The van der Waals surface area contributed by atoms with E-state index in [0.717, 1.165) is 12.8 Å². The predicted molar refractivity (Wildman–Crippen MR) is 121 cm³/mol. The molecule has 2 heteroatoms. The highest BCUT2D eigenvalue weighted by Crippen LogP contribution is 2.30. The Hall–Kier alpha value is -1.57. The van der Waals surface area contributed by atoms with Crippen molar-refractivity contribution in [3.63, 3.8) is 0 Å². The second-order valence-corrected chi connectivity index (χ2v) is 13.5. The normalized spacial score (nSPS) is 11.3. The minimum Gasteiger partial charge on any atom is -0.167 e. The first-order chi connectivity index (χ1) is 12.6. The summed E-state index contributed by atoms with van der Waals surface area (Å²) in [5.74, 6) is 0. The molecule has 0 nitrogen and oxygen atoms in total. The van der Waals surface area contributed by atoms with Crippen molar-refractivity contribution in [3.05, 3.63) is 83.9 Å². The number of benzene rings is 2. The Balaban J connectivity index is 1.76. The van der Waals surface area contributed by atoms with Crippen molar-refractivity contribution < 1.29 is 0 Å². The van der Waals surface area contributed by atoms with Gasteiger partial charge in [-0.05, 0) is 53.2 Å². The maximum Gasteiger partial charge on any atom is 0.156 e. The molecule has 2 aromatic rings. The lowest BCUT2D eigenvalue weighted by molar-refractivity contribution is 0.862. The summed E-state index contributed by atoms with van der Waals surface area (Å²) in [5.41, 5.74) is 5.18. The highest BCUT2D eigenvalue weighted by atomic mass is 35.6. The first-order valence-corrected chi connectivity index (χ1v) is 13.3. The van der Waals surface area contributed by atoms with Crippen LogP contribution in [-0.4, -0.2) is 7.38 Å². The third-order valence-electron chi connectivity index (χ3n) is 5.25. The molecule has 0 aliphatic heterocycles.